The maximum atomic E-state index is 3.84. The summed E-state index contributed by atoms with van der Waals surface area (Å²) in [7, 11) is -1.74. The molecule has 0 radical (unpaired) electrons. The summed E-state index contributed by atoms with van der Waals surface area (Å²) in [4.78, 5) is 0. The second kappa shape index (κ2) is 11.2. The van der Waals surface area contributed by atoms with Gasteiger partial charge in [-0.2, -0.15) is 11.3 Å². The van der Waals surface area contributed by atoms with Crippen LogP contribution in [0.2, 0.25) is 19.6 Å². The molecule has 1 nitrogen and oxygen atoms in total. The second-order valence-corrected chi connectivity index (χ2v) is 18.9. The van der Waals surface area contributed by atoms with Crippen molar-refractivity contribution in [3.05, 3.63) is 108 Å². The first-order valence-corrected chi connectivity index (χ1v) is 19.5. The summed E-state index contributed by atoms with van der Waals surface area (Å²) in [5.41, 5.74) is 18.8. The van der Waals surface area contributed by atoms with E-state index in [2.05, 4.69) is 130 Å². The minimum Gasteiger partial charge on any atom is -0.354 e. The van der Waals surface area contributed by atoms with Crippen LogP contribution >= 0.6 is 22.7 Å². The van der Waals surface area contributed by atoms with Crippen LogP contribution in [0, 0.1) is 41.5 Å². The molecule has 0 aliphatic carbocycles. The van der Waals surface area contributed by atoms with Crippen LogP contribution < -0.4 is 10.5 Å². The first-order valence-electron chi connectivity index (χ1n) is 14.1. The first-order chi connectivity index (χ1) is 18.9. The van der Waals surface area contributed by atoms with Gasteiger partial charge < -0.3 is 5.32 Å². The number of nitrogens with one attached hydrogen (secondary N) is 1. The molecule has 0 fully saturated rings. The topological polar surface area (TPSA) is 12.0 Å². The highest BCUT2D eigenvalue weighted by Crippen LogP contribution is 2.39. The van der Waals surface area contributed by atoms with Gasteiger partial charge in [-0.25, -0.2) is 0 Å². The van der Waals surface area contributed by atoms with Crippen LogP contribution in [0.5, 0.6) is 0 Å². The van der Waals surface area contributed by atoms with Gasteiger partial charge in [0.05, 0.1) is 13.8 Å². The summed E-state index contributed by atoms with van der Waals surface area (Å²) >= 11 is 3.61. The standard InChI is InChI=1S/C36H41NS2Si/c1-22-13-24(3)31(25(4)14-22)17-28-18-38-19-32(28)29-11-10-12-30(36(29)40(7,8)9)33-20-39-21-34(33)37-35-26(5)15-23(2)16-27(35)6/h10-16,18-21,37H,17H2,1-9H3. The molecule has 0 bridgehead atoms. The molecular formula is C36H41NS2Si. The fraction of sp³-hybridized carbons (Fsp3) is 0.278. The van der Waals surface area contributed by atoms with Crippen LogP contribution in [0.25, 0.3) is 22.3 Å². The fourth-order valence-electron chi connectivity index (χ4n) is 6.30. The molecule has 206 valence electrons. The normalized spacial score (nSPS) is 11.7. The SMILES string of the molecule is Cc1cc(C)c(Cc2cscc2-c2cccc(-c3cscc3Nc3c(C)cc(C)cc3C)c2[Si](C)(C)C)c(C)c1. The maximum Gasteiger partial charge on any atom is 0.0792 e. The summed E-state index contributed by atoms with van der Waals surface area (Å²) in [5.74, 6) is 0. The van der Waals surface area contributed by atoms with Crippen molar-refractivity contribution in [3.63, 3.8) is 0 Å². The van der Waals surface area contributed by atoms with Crippen molar-refractivity contribution >= 4 is 47.3 Å². The Bertz CT molecular complexity index is 1530. The average molecular weight is 580 g/mol. The smallest absolute Gasteiger partial charge is 0.0792 e. The van der Waals surface area contributed by atoms with Gasteiger partial charge in [0.1, 0.15) is 0 Å². The van der Waals surface area contributed by atoms with Gasteiger partial charge >= 0.3 is 0 Å². The molecule has 0 aliphatic rings. The molecule has 2 heterocycles. The lowest BCUT2D eigenvalue weighted by atomic mass is 9.91. The zero-order chi connectivity index (χ0) is 28.8. The van der Waals surface area contributed by atoms with E-state index in [1.807, 2.05) is 11.3 Å². The third kappa shape index (κ3) is 5.63. The molecule has 4 heteroatoms. The van der Waals surface area contributed by atoms with Crippen molar-refractivity contribution in [1.82, 2.24) is 0 Å². The van der Waals surface area contributed by atoms with Crippen LogP contribution in [0.15, 0.2) is 64.0 Å². The molecular weight excluding hydrogens is 539 g/mol. The van der Waals surface area contributed by atoms with Gasteiger partial charge in [0.2, 0.25) is 0 Å². The quantitative estimate of drug-likeness (QED) is 0.189. The lowest BCUT2D eigenvalue weighted by molar-refractivity contribution is 1.12. The molecule has 0 amide bonds. The molecule has 3 aromatic carbocycles. The molecule has 0 saturated carbocycles. The number of aryl methyl sites for hydroxylation is 6. The summed E-state index contributed by atoms with van der Waals surface area (Å²) in [5, 5.41) is 14.7. The largest absolute Gasteiger partial charge is 0.354 e. The molecule has 2 aromatic heterocycles. The highest BCUT2D eigenvalue weighted by molar-refractivity contribution is 7.09. The van der Waals surface area contributed by atoms with Crippen LogP contribution in [-0.2, 0) is 6.42 Å². The van der Waals surface area contributed by atoms with Crippen molar-refractivity contribution in [3.8, 4) is 22.3 Å². The van der Waals surface area contributed by atoms with E-state index >= 15 is 0 Å². The van der Waals surface area contributed by atoms with Crippen molar-refractivity contribution in [2.45, 2.75) is 67.6 Å². The molecule has 40 heavy (non-hydrogen) atoms. The summed E-state index contributed by atoms with van der Waals surface area (Å²) in [6, 6.07) is 16.2. The molecule has 5 rings (SSSR count). The summed E-state index contributed by atoms with van der Waals surface area (Å²) < 4.78 is 0. The van der Waals surface area contributed by atoms with Gasteiger partial charge in [-0.1, -0.05) is 73.2 Å². The van der Waals surface area contributed by atoms with Crippen LogP contribution in [0.4, 0.5) is 11.4 Å². The number of benzene rings is 3. The molecule has 1 N–H and O–H groups in total. The number of anilines is 2. The van der Waals surface area contributed by atoms with Crippen molar-refractivity contribution in [2.75, 3.05) is 5.32 Å². The minimum absolute atomic E-state index is 0.976. The summed E-state index contributed by atoms with van der Waals surface area (Å²) in [6.45, 7) is 20.8. The zero-order valence-electron chi connectivity index (χ0n) is 25.4. The van der Waals surface area contributed by atoms with E-state index in [4.69, 9.17) is 0 Å². The Balaban J connectivity index is 1.62. The van der Waals surface area contributed by atoms with Crippen molar-refractivity contribution < 1.29 is 0 Å². The highest BCUT2D eigenvalue weighted by atomic mass is 32.1. The lowest BCUT2D eigenvalue weighted by Gasteiger charge is -2.26. The van der Waals surface area contributed by atoms with Gasteiger partial charge in [-0.3, -0.25) is 0 Å². The van der Waals surface area contributed by atoms with Gasteiger partial charge in [-0.05, 0) is 114 Å². The molecule has 5 aromatic rings. The predicted molar refractivity (Wildman–Crippen MR) is 183 cm³/mol. The van der Waals surface area contributed by atoms with E-state index in [0.29, 0.717) is 0 Å². The number of rotatable bonds is 7. The third-order valence-corrected chi connectivity index (χ3v) is 11.5. The van der Waals surface area contributed by atoms with E-state index in [1.54, 1.807) is 16.5 Å². The Hall–Kier alpha value is -2.92. The Labute approximate surface area is 250 Å². The molecule has 0 saturated heterocycles. The maximum absolute atomic E-state index is 3.84. The Morgan fingerprint density at radius 2 is 1.15 bits per heavy atom. The lowest BCUT2D eigenvalue weighted by Crippen LogP contribution is -2.40. The number of hydrogen-bond donors (Lipinski definition) is 1. The fourth-order valence-corrected chi connectivity index (χ4v) is 9.99. The van der Waals surface area contributed by atoms with E-state index in [0.717, 1.165) is 6.42 Å². The van der Waals surface area contributed by atoms with Crippen molar-refractivity contribution in [1.29, 1.82) is 0 Å². The molecule has 0 atom stereocenters. The van der Waals surface area contributed by atoms with Gasteiger partial charge in [-0.15, -0.1) is 11.3 Å². The Kier molecular flexibility index (Phi) is 7.98. The van der Waals surface area contributed by atoms with Crippen LogP contribution in [0.1, 0.15) is 44.5 Å². The van der Waals surface area contributed by atoms with Gasteiger partial charge in [0.25, 0.3) is 0 Å². The Morgan fingerprint density at radius 1 is 0.625 bits per heavy atom. The van der Waals surface area contributed by atoms with E-state index < -0.39 is 8.07 Å². The molecule has 0 aliphatic heterocycles. The second-order valence-electron chi connectivity index (χ2n) is 12.4. The molecule has 0 unspecified atom stereocenters. The Morgan fingerprint density at radius 3 is 1.75 bits per heavy atom. The third-order valence-electron chi connectivity index (χ3n) is 7.94. The summed E-state index contributed by atoms with van der Waals surface area (Å²) in [6.07, 6.45) is 0.976. The van der Waals surface area contributed by atoms with Gasteiger partial charge in [0.15, 0.2) is 0 Å². The predicted octanol–water partition coefficient (Wildman–Crippen LogP) is 10.9. The monoisotopic (exact) mass is 579 g/mol. The van der Waals surface area contributed by atoms with E-state index in [1.165, 1.54) is 78.1 Å². The first kappa shape index (κ1) is 28.6. The minimum atomic E-state index is -1.74. The van der Waals surface area contributed by atoms with E-state index in [9.17, 15) is 0 Å². The average Bonchev–Trinajstić information content (AvgIpc) is 3.52. The van der Waals surface area contributed by atoms with E-state index in [-0.39, 0.29) is 0 Å². The number of thiophene rings is 2. The van der Waals surface area contributed by atoms with Crippen LogP contribution in [0.3, 0.4) is 0 Å². The van der Waals surface area contributed by atoms with Crippen molar-refractivity contribution in [2.24, 2.45) is 0 Å². The van der Waals surface area contributed by atoms with Crippen LogP contribution in [-0.4, -0.2) is 8.07 Å². The van der Waals surface area contributed by atoms with Gasteiger partial charge in [0, 0.05) is 22.0 Å². The number of hydrogen-bond acceptors (Lipinski definition) is 3. The zero-order valence-corrected chi connectivity index (χ0v) is 28.0. The highest BCUT2D eigenvalue weighted by Gasteiger charge is 2.27. The molecule has 0 spiro atoms.